The van der Waals surface area contributed by atoms with Crippen molar-refractivity contribution >= 4 is 81.5 Å². The van der Waals surface area contributed by atoms with Gasteiger partial charge in [-0.2, -0.15) is 9.97 Å². The standard InChI is InChI=1S/C48H42Cl2N10O4/c1-30-9-4-16-39(49)41(30)59-26-34-24-51-46-54-37-14-6-11-32(22-37)29-64-38(15-8-19-58(47(59)61)44(34)56-46)23-33-12-7-17-40(50)42(33)60-27-35-25-52-45-53-36-13-5-10-31(21-36)28-63-20-3-2-18-57(48(60)62)43(35)55-45/h2-17,21-22,24-25,38H,18-20,23,26-29H2,1H3,(H,51,54,56)(H,52,53,55)/b3-2+,15-8-. The van der Waals surface area contributed by atoms with Crippen LogP contribution in [0.25, 0.3) is 0 Å². The van der Waals surface area contributed by atoms with Crippen LogP contribution in [0.3, 0.4) is 0 Å². The molecule has 4 amide bonds. The van der Waals surface area contributed by atoms with Crippen LogP contribution in [0, 0.1) is 6.92 Å². The molecular weight excluding hydrogens is 851 g/mol. The first-order valence-corrected chi connectivity index (χ1v) is 21.7. The van der Waals surface area contributed by atoms with Gasteiger partial charge in [-0.1, -0.05) is 96.0 Å². The zero-order valence-corrected chi connectivity index (χ0v) is 36.3. The molecule has 2 N–H and O–H groups in total. The van der Waals surface area contributed by atoms with Crippen molar-refractivity contribution in [3.63, 3.8) is 0 Å². The van der Waals surface area contributed by atoms with E-state index in [0.717, 1.165) is 44.8 Å². The van der Waals surface area contributed by atoms with Crippen LogP contribution >= 0.6 is 23.2 Å². The lowest BCUT2D eigenvalue weighted by Gasteiger charge is -2.37. The fraction of sp³-hybridized carbons (Fsp3) is 0.208. The second kappa shape index (κ2) is 17.7. The van der Waals surface area contributed by atoms with Gasteiger partial charge in [-0.3, -0.25) is 19.6 Å². The average Bonchev–Trinajstić information content (AvgIpc) is 3.28. The Morgan fingerprint density at radius 3 is 1.91 bits per heavy atom. The van der Waals surface area contributed by atoms with Crippen molar-refractivity contribution in [2.75, 3.05) is 49.9 Å². The molecule has 0 radical (unpaired) electrons. The summed E-state index contributed by atoms with van der Waals surface area (Å²) in [5, 5.41) is 7.48. The summed E-state index contributed by atoms with van der Waals surface area (Å²) in [6, 6.07) is 26.3. The molecule has 6 aromatic rings. The Labute approximate surface area is 379 Å². The highest BCUT2D eigenvalue weighted by Crippen LogP contribution is 2.39. The van der Waals surface area contributed by atoms with E-state index in [4.69, 9.17) is 42.6 Å². The maximum absolute atomic E-state index is 14.8. The lowest BCUT2D eigenvalue weighted by atomic mass is 10.0. The zero-order valence-electron chi connectivity index (χ0n) is 34.7. The summed E-state index contributed by atoms with van der Waals surface area (Å²) < 4.78 is 12.6. The molecule has 0 saturated carbocycles. The van der Waals surface area contributed by atoms with Gasteiger partial charge in [-0.25, -0.2) is 19.6 Å². The van der Waals surface area contributed by atoms with Gasteiger partial charge < -0.3 is 20.1 Å². The lowest BCUT2D eigenvalue weighted by molar-refractivity contribution is 0.0722. The van der Waals surface area contributed by atoms with Crippen LogP contribution in [0.5, 0.6) is 0 Å². The van der Waals surface area contributed by atoms with Crippen molar-refractivity contribution in [3.8, 4) is 0 Å². The molecule has 1 atom stereocenters. The Balaban J connectivity index is 0.984. The van der Waals surface area contributed by atoms with E-state index in [1.54, 1.807) is 44.1 Å². The molecule has 64 heavy (non-hydrogen) atoms. The van der Waals surface area contributed by atoms with Crippen molar-refractivity contribution in [2.24, 2.45) is 0 Å². The van der Waals surface area contributed by atoms with Crippen LogP contribution < -0.4 is 30.2 Å². The first-order chi connectivity index (χ1) is 31.3. The van der Waals surface area contributed by atoms with Crippen LogP contribution in [-0.4, -0.2) is 57.8 Å². The average molecular weight is 894 g/mol. The van der Waals surface area contributed by atoms with Gasteiger partial charge in [0.05, 0.1) is 60.4 Å². The van der Waals surface area contributed by atoms with Crippen molar-refractivity contribution in [2.45, 2.75) is 45.8 Å². The number of urea groups is 2. The highest BCUT2D eigenvalue weighted by molar-refractivity contribution is 6.34. The van der Waals surface area contributed by atoms with Crippen LogP contribution in [0.4, 0.5) is 55.9 Å². The molecule has 6 heterocycles. The molecule has 16 heteroatoms. The van der Waals surface area contributed by atoms with Crippen molar-refractivity contribution in [1.82, 2.24) is 19.9 Å². The highest BCUT2D eigenvalue weighted by atomic mass is 35.5. The van der Waals surface area contributed by atoms with E-state index in [9.17, 15) is 9.59 Å². The van der Waals surface area contributed by atoms with Crippen LogP contribution in [0.15, 0.2) is 122 Å². The molecule has 4 aliphatic rings. The van der Waals surface area contributed by atoms with Crippen molar-refractivity contribution < 1.29 is 19.1 Å². The SMILES string of the molecule is Cc1cccc(Cl)c1N1Cc2cnc3nc2N(C/C=C\C(Cc2cccc(Cl)c2N2Cc4cnc5nc4N(C/C=C/COCc4cccc(c4)N5)C2=O)OCc2cccc(c2)N3)C1=O. The first kappa shape index (κ1) is 41.2. The van der Waals surface area contributed by atoms with Crippen LogP contribution in [0.2, 0.25) is 10.0 Å². The van der Waals surface area contributed by atoms with E-state index in [2.05, 4.69) is 20.6 Å². The molecule has 2 aromatic heterocycles. The highest BCUT2D eigenvalue weighted by Gasteiger charge is 2.36. The van der Waals surface area contributed by atoms with Gasteiger partial charge in [0, 0.05) is 54.4 Å². The molecule has 0 spiro atoms. The minimum absolute atomic E-state index is 0.174. The van der Waals surface area contributed by atoms with Gasteiger partial charge in [-0.15, -0.1) is 0 Å². The molecule has 4 aliphatic heterocycles. The van der Waals surface area contributed by atoms with E-state index in [1.807, 2.05) is 104 Å². The number of amides is 4. The Hall–Kier alpha value is -6.84. The Morgan fingerprint density at radius 1 is 0.672 bits per heavy atom. The van der Waals surface area contributed by atoms with Gasteiger partial charge in [0.2, 0.25) is 11.9 Å². The summed E-state index contributed by atoms with van der Waals surface area (Å²) in [6.07, 6.45) is 11.0. The van der Waals surface area contributed by atoms with Gasteiger partial charge in [-0.05, 0) is 65.6 Å². The number of benzene rings is 4. The van der Waals surface area contributed by atoms with Gasteiger partial charge in [0.15, 0.2) is 0 Å². The quantitative estimate of drug-likeness (QED) is 0.164. The third-order valence-corrected chi connectivity index (χ3v) is 12.0. The number of ether oxygens (including phenoxy) is 2. The second-order valence-corrected chi connectivity index (χ2v) is 16.6. The van der Waals surface area contributed by atoms with E-state index in [1.165, 1.54) is 0 Å². The Morgan fingerprint density at radius 2 is 1.25 bits per heavy atom. The predicted octanol–water partition coefficient (Wildman–Crippen LogP) is 10.0. The van der Waals surface area contributed by atoms with Gasteiger partial charge in [0.25, 0.3) is 0 Å². The number of carbonyl (C=O) groups is 2. The smallest absolute Gasteiger partial charge is 0.330 e. The molecule has 4 aromatic carbocycles. The number of fused-ring (bicyclic) bond motifs is 6. The number of aromatic nitrogens is 4. The summed E-state index contributed by atoms with van der Waals surface area (Å²) >= 11 is 13.8. The van der Waals surface area contributed by atoms with Crippen LogP contribution in [-0.2, 0) is 42.2 Å². The summed E-state index contributed by atoms with van der Waals surface area (Å²) in [7, 11) is 0. The second-order valence-electron chi connectivity index (χ2n) is 15.8. The van der Waals surface area contributed by atoms with Gasteiger partial charge >= 0.3 is 12.1 Å². The van der Waals surface area contributed by atoms with E-state index in [0.29, 0.717) is 64.6 Å². The van der Waals surface area contributed by atoms with E-state index < -0.39 is 6.10 Å². The van der Waals surface area contributed by atoms with Gasteiger partial charge in [0.1, 0.15) is 11.6 Å². The number of nitrogens with one attached hydrogen (secondary N) is 2. The predicted molar refractivity (Wildman–Crippen MR) is 249 cm³/mol. The molecule has 14 nitrogen and oxygen atoms in total. The minimum atomic E-state index is -0.515. The molecule has 0 fully saturated rings. The fourth-order valence-corrected chi connectivity index (χ4v) is 8.99. The van der Waals surface area contributed by atoms with Crippen LogP contribution in [0.1, 0.15) is 33.4 Å². The summed E-state index contributed by atoms with van der Waals surface area (Å²) in [5.74, 6) is 1.74. The van der Waals surface area contributed by atoms with Crippen molar-refractivity contribution in [3.05, 3.63) is 165 Å². The molecule has 10 rings (SSSR count). The number of aryl methyl sites for hydroxylation is 1. The third-order valence-electron chi connectivity index (χ3n) is 11.4. The Bertz CT molecular complexity index is 2840. The van der Waals surface area contributed by atoms with Crippen molar-refractivity contribution in [1.29, 1.82) is 0 Å². The number of hydrogen-bond acceptors (Lipinski definition) is 10. The maximum Gasteiger partial charge on any atom is 0.330 e. The molecular formula is C48H42Cl2N10O4. The number of rotatable bonds is 4. The minimum Gasteiger partial charge on any atom is -0.373 e. The monoisotopic (exact) mass is 892 g/mol. The number of carbonyl (C=O) groups excluding carboxylic acids is 2. The largest absolute Gasteiger partial charge is 0.373 e. The number of para-hydroxylation sites is 2. The lowest BCUT2D eigenvalue weighted by Crippen LogP contribution is -2.48. The molecule has 0 aliphatic carbocycles. The topological polar surface area (TPSA) is 141 Å². The number of hydrogen-bond donors (Lipinski definition) is 2. The third kappa shape index (κ3) is 8.36. The van der Waals surface area contributed by atoms with E-state index in [-0.39, 0.29) is 44.8 Å². The Kier molecular flexibility index (Phi) is 11.4. The number of anilines is 8. The summed E-state index contributed by atoms with van der Waals surface area (Å²) in [5.41, 5.74) is 7.89. The van der Waals surface area contributed by atoms with E-state index >= 15 is 0 Å². The molecule has 0 saturated heterocycles. The zero-order chi connectivity index (χ0) is 43.7. The molecule has 8 bridgehead atoms. The normalized spacial score (nSPS) is 18.3. The summed E-state index contributed by atoms with van der Waals surface area (Å²) in [6.45, 7) is 3.86. The summed E-state index contributed by atoms with van der Waals surface area (Å²) in [4.78, 5) is 54.8. The fourth-order valence-electron chi connectivity index (χ4n) is 8.37. The number of halogens is 2. The maximum atomic E-state index is 14.8. The molecule has 322 valence electrons. The molecule has 1 unspecified atom stereocenters. The number of nitrogens with zero attached hydrogens (tertiary/aromatic N) is 8. The first-order valence-electron chi connectivity index (χ1n) is 20.9.